The standard InChI is InChI=1S/C14H14N2O3S/c1-2-11-3-4-12(20-11)13(17)16-8-10-7-9(14(18)19)5-6-15-10/h3-7H,2,8H2,1H3,(H,16,17)(H,18,19). The Kier molecular flexibility index (Phi) is 4.47. The first-order chi connectivity index (χ1) is 9.60. The summed E-state index contributed by atoms with van der Waals surface area (Å²) < 4.78 is 0. The van der Waals surface area contributed by atoms with Crippen LogP contribution in [-0.4, -0.2) is 22.0 Å². The molecule has 1 amide bonds. The maximum Gasteiger partial charge on any atom is 0.335 e. The van der Waals surface area contributed by atoms with Crippen molar-refractivity contribution in [2.45, 2.75) is 19.9 Å². The molecule has 20 heavy (non-hydrogen) atoms. The number of rotatable bonds is 5. The van der Waals surface area contributed by atoms with Gasteiger partial charge < -0.3 is 10.4 Å². The zero-order valence-corrected chi connectivity index (χ0v) is 11.7. The minimum Gasteiger partial charge on any atom is -0.478 e. The summed E-state index contributed by atoms with van der Waals surface area (Å²) in [6, 6.07) is 6.60. The van der Waals surface area contributed by atoms with Crippen LogP contribution in [-0.2, 0) is 13.0 Å². The van der Waals surface area contributed by atoms with Crippen molar-refractivity contribution in [3.63, 3.8) is 0 Å². The number of carbonyl (C=O) groups excluding carboxylic acids is 1. The van der Waals surface area contributed by atoms with Gasteiger partial charge in [0.25, 0.3) is 5.91 Å². The lowest BCUT2D eigenvalue weighted by Crippen LogP contribution is -2.22. The Bertz CT molecular complexity index is 637. The number of amides is 1. The van der Waals surface area contributed by atoms with Gasteiger partial charge in [-0.2, -0.15) is 0 Å². The first kappa shape index (κ1) is 14.2. The van der Waals surface area contributed by atoms with E-state index in [0.717, 1.165) is 11.3 Å². The molecule has 2 heterocycles. The lowest BCUT2D eigenvalue weighted by Gasteiger charge is -2.04. The van der Waals surface area contributed by atoms with Gasteiger partial charge in [-0.05, 0) is 30.7 Å². The molecule has 0 aliphatic carbocycles. The summed E-state index contributed by atoms with van der Waals surface area (Å²) in [6.07, 6.45) is 2.32. The van der Waals surface area contributed by atoms with Crippen LogP contribution in [0.4, 0.5) is 0 Å². The lowest BCUT2D eigenvalue weighted by molar-refractivity contribution is 0.0696. The summed E-state index contributed by atoms with van der Waals surface area (Å²) in [5, 5.41) is 11.6. The lowest BCUT2D eigenvalue weighted by atomic mass is 10.2. The number of carbonyl (C=O) groups is 2. The van der Waals surface area contributed by atoms with Gasteiger partial charge in [0, 0.05) is 11.1 Å². The predicted octanol–water partition coefficient (Wildman–Crippen LogP) is 2.33. The van der Waals surface area contributed by atoms with Crippen molar-refractivity contribution in [2.24, 2.45) is 0 Å². The zero-order chi connectivity index (χ0) is 14.5. The van der Waals surface area contributed by atoms with E-state index in [1.165, 1.54) is 29.7 Å². The van der Waals surface area contributed by atoms with Crippen LogP contribution in [0.15, 0.2) is 30.5 Å². The Balaban J connectivity index is 1.99. The highest BCUT2D eigenvalue weighted by molar-refractivity contribution is 7.14. The topological polar surface area (TPSA) is 79.3 Å². The average molecular weight is 290 g/mol. The van der Waals surface area contributed by atoms with Gasteiger partial charge in [0.1, 0.15) is 0 Å². The molecular weight excluding hydrogens is 276 g/mol. The second-order valence-corrected chi connectivity index (χ2v) is 5.31. The smallest absolute Gasteiger partial charge is 0.335 e. The number of aromatic nitrogens is 1. The molecule has 0 aliphatic heterocycles. The number of hydrogen-bond donors (Lipinski definition) is 2. The fourth-order valence-electron chi connectivity index (χ4n) is 1.66. The van der Waals surface area contributed by atoms with Crippen LogP contribution >= 0.6 is 11.3 Å². The highest BCUT2D eigenvalue weighted by Crippen LogP contribution is 2.16. The highest BCUT2D eigenvalue weighted by atomic mass is 32.1. The van der Waals surface area contributed by atoms with E-state index >= 15 is 0 Å². The van der Waals surface area contributed by atoms with Gasteiger partial charge in [0.15, 0.2) is 0 Å². The van der Waals surface area contributed by atoms with E-state index in [0.29, 0.717) is 10.6 Å². The third-order valence-corrected chi connectivity index (χ3v) is 3.96. The molecule has 104 valence electrons. The maximum atomic E-state index is 11.9. The molecule has 2 aromatic heterocycles. The summed E-state index contributed by atoms with van der Waals surface area (Å²) >= 11 is 1.46. The number of pyridine rings is 1. The van der Waals surface area contributed by atoms with E-state index < -0.39 is 5.97 Å². The predicted molar refractivity (Wildman–Crippen MR) is 76.1 cm³/mol. The van der Waals surface area contributed by atoms with Crippen molar-refractivity contribution in [3.8, 4) is 0 Å². The van der Waals surface area contributed by atoms with Gasteiger partial charge in [-0.25, -0.2) is 4.79 Å². The number of aromatic carboxylic acids is 1. The molecular formula is C14H14N2O3S. The molecule has 0 fully saturated rings. The van der Waals surface area contributed by atoms with Crippen molar-refractivity contribution < 1.29 is 14.7 Å². The van der Waals surface area contributed by atoms with Crippen molar-refractivity contribution >= 4 is 23.2 Å². The fraction of sp³-hybridized carbons (Fsp3) is 0.214. The molecule has 0 unspecified atom stereocenters. The van der Waals surface area contributed by atoms with Gasteiger partial charge in [-0.1, -0.05) is 6.92 Å². The molecule has 0 aromatic carbocycles. The van der Waals surface area contributed by atoms with Gasteiger partial charge in [0.2, 0.25) is 0 Å². The van der Waals surface area contributed by atoms with Gasteiger partial charge in [0.05, 0.1) is 22.7 Å². The number of thiophene rings is 1. The molecule has 0 saturated carbocycles. The minimum absolute atomic E-state index is 0.161. The largest absolute Gasteiger partial charge is 0.478 e. The van der Waals surface area contributed by atoms with Crippen LogP contribution in [0, 0.1) is 0 Å². The first-order valence-electron chi connectivity index (χ1n) is 6.15. The second-order valence-electron chi connectivity index (χ2n) is 4.14. The molecule has 6 heteroatoms. The molecule has 2 N–H and O–H groups in total. The number of carboxylic acid groups (broad SMARTS) is 1. The molecule has 0 radical (unpaired) electrons. The Labute approximate surface area is 120 Å². The van der Waals surface area contributed by atoms with E-state index in [1.807, 2.05) is 13.0 Å². The van der Waals surface area contributed by atoms with Crippen molar-refractivity contribution in [2.75, 3.05) is 0 Å². The van der Waals surface area contributed by atoms with Gasteiger partial charge in [-0.15, -0.1) is 11.3 Å². The van der Waals surface area contributed by atoms with Crippen LogP contribution in [0.5, 0.6) is 0 Å². The Hall–Kier alpha value is -2.21. The van der Waals surface area contributed by atoms with Crippen LogP contribution < -0.4 is 5.32 Å². The van der Waals surface area contributed by atoms with E-state index in [4.69, 9.17) is 5.11 Å². The molecule has 0 atom stereocenters. The second kappa shape index (κ2) is 6.29. The van der Waals surface area contributed by atoms with Gasteiger partial charge in [-0.3, -0.25) is 9.78 Å². The van der Waals surface area contributed by atoms with E-state index in [1.54, 1.807) is 6.07 Å². The quantitative estimate of drug-likeness (QED) is 0.885. The van der Waals surface area contributed by atoms with Crippen LogP contribution in [0.2, 0.25) is 0 Å². The Morgan fingerprint density at radius 3 is 2.80 bits per heavy atom. The van der Waals surface area contributed by atoms with E-state index in [9.17, 15) is 9.59 Å². The maximum absolute atomic E-state index is 11.9. The molecule has 0 saturated heterocycles. The highest BCUT2D eigenvalue weighted by Gasteiger charge is 2.09. The van der Waals surface area contributed by atoms with E-state index in [2.05, 4.69) is 10.3 Å². The number of nitrogens with zero attached hydrogens (tertiary/aromatic N) is 1. The molecule has 0 bridgehead atoms. The molecule has 0 spiro atoms. The van der Waals surface area contributed by atoms with Gasteiger partial charge >= 0.3 is 5.97 Å². The normalized spacial score (nSPS) is 10.2. The SMILES string of the molecule is CCc1ccc(C(=O)NCc2cc(C(=O)O)ccn2)s1. The molecule has 2 rings (SSSR count). The Morgan fingerprint density at radius 2 is 2.15 bits per heavy atom. The number of nitrogens with one attached hydrogen (secondary N) is 1. The molecule has 0 aliphatic rings. The molecule has 2 aromatic rings. The third-order valence-electron chi connectivity index (χ3n) is 2.73. The molecule has 5 nitrogen and oxygen atoms in total. The van der Waals surface area contributed by atoms with Crippen molar-refractivity contribution in [1.82, 2.24) is 10.3 Å². The summed E-state index contributed by atoms with van der Waals surface area (Å²) in [7, 11) is 0. The number of hydrogen-bond acceptors (Lipinski definition) is 4. The number of carboxylic acids is 1. The summed E-state index contributed by atoms with van der Waals surface area (Å²) in [6.45, 7) is 2.24. The zero-order valence-electron chi connectivity index (χ0n) is 10.9. The van der Waals surface area contributed by atoms with Crippen molar-refractivity contribution in [1.29, 1.82) is 0 Å². The summed E-state index contributed by atoms with van der Waals surface area (Å²) in [4.78, 5) is 28.6. The van der Waals surface area contributed by atoms with Crippen LogP contribution in [0.25, 0.3) is 0 Å². The average Bonchev–Trinajstić information content (AvgIpc) is 2.94. The van der Waals surface area contributed by atoms with E-state index in [-0.39, 0.29) is 18.0 Å². The third kappa shape index (κ3) is 3.42. The van der Waals surface area contributed by atoms with Crippen LogP contribution in [0.1, 0.15) is 37.5 Å². The fourth-order valence-corrected chi connectivity index (χ4v) is 2.52. The Morgan fingerprint density at radius 1 is 1.35 bits per heavy atom. The monoisotopic (exact) mass is 290 g/mol. The summed E-state index contributed by atoms with van der Waals surface area (Å²) in [5.74, 6) is -1.18. The summed E-state index contributed by atoms with van der Waals surface area (Å²) in [5.41, 5.74) is 0.680. The van der Waals surface area contributed by atoms with Crippen molar-refractivity contribution in [3.05, 3.63) is 51.5 Å². The van der Waals surface area contributed by atoms with Crippen LogP contribution in [0.3, 0.4) is 0 Å². The first-order valence-corrected chi connectivity index (χ1v) is 6.97. The minimum atomic E-state index is -1.01. The number of aryl methyl sites for hydroxylation is 1.